The van der Waals surface area contributed by atoms with Crippen LogP contribution in [0.25, 0.3) is 0 Å². The molecule has 1 fully saturated rings. The fourth-order valence-electron chi connectivity index (χ4n) is 3.43. The van der Waals surface area contributed by atoms with E-state index in [0.29, 0.717) is 47.9 Å². The molecule has 0 spiro atoms. The summed E-state index contributed by atoms with van der Waals surface area (Å²) in [6.07, 6.45) is 2.66. The molecule has 0 aliphatic carbocycles. The van der Waals surface area contributed by atoms with Gasteiger partial charge in [-0.25, -0.2) is 0 Å². The SMILES string of the molecule is CCc1c(Oc2cc(C#N)cc(C#N)c2)c(C(C)O)nn1CCOC1CCCCO1. The molecule has 1 aliphatic rings. The van der Waals surface area contributed by atoms with Crippen molar-refractivity contribution in [3.8, 4) is 23.6 Å². The van der Waals surface area contributed by atoms with Gasteiger partial charge in [0, 0.05) is 6.61 Å². The molecule has 30 heavy (non-hydrogen) atoms. The van der Waals surface area contributed by atoms with Crippen molar-refractivity contribution >= 4 is 0 Å². The number of aliphatic hydroxyl groups excluding tert-OH is 1. The number of aliphatic hydroxyl groups is 1. The lowest BCUT2D eigenvalue weighted by atomic mass is 10.1. The standard InChI is InChI=1S/C22H26N4O4/c1-3-19-22(30-18-11-16(13-23)10-17(12-18)14-24)21(15(2)27)25-26(19)7-9-29-20-6-4-5-8-28-20/h10-12,15,20,27H,3-9H2,1-2H3. The third kappa shape index (κ3) is 5.17. The van der Waals surface area contributed by atoms with Crippen LogP contribution in [0.1, 0.15) is 61.7 Å². The van der Waals surface area contributed by atoms with E-state index in [1.165, 1.54) is 6.07 Å². The monoisotopic (exact) mass is 410 g/mol. The van der Waals surface area contributed by atoms with Gasteiger partial charge in [-0.05, 0) is 50.8 Å². The summed E-state index contributed by atoms with van der Waals surface area (Å²) < 4.78 is 19.2. The summed E-state index contributed by atoms with van der Waals surface area (Å²) in [5.74, 6) is 0.800. The number of nitriles is 2. The van der Waals surface area contributed by atoms with Crippen molar-refractivity contribution in [2.45, 2.75) is 58.5 Å². The van der Waals surface area contributed by atoms with E-state index in [1.807, 2.05) is 19.1 Å². The molecule has 1 saturated heterocycles. The largest absolute Gasteiger partial charge is 0.453 e. The van der Waals surface area contributed by atoms with Gasteiger partial charge in [-0.2, -0.15) is 15.6 Å². The van der Waals surface area contributed by atoms with Crippen molar-refractivity contribution < 1.29 is 19.3 Å². The number of rotatable bonds is 8. The molecular formula is C22H26N4O4. The summed E-state index contributed by atoms with van der Waals surface area (Å²) in [6.45, 7) is 5.25. The van der Waals surface area contributed by atoms with Crippen molar-refractivity contribution in [3.05, 3.63) is 40.7 Å². The zero-order valence-electron chi connectivity index (χ0n) is 17.3. The fraction of sp³-hybridized carbons (Fsp3) is 0.500. The van der Waals surface area contributed by atoms with E-state index in [0.717, 1.165) is 31.6 Å². The molecule has 1 N–H and O–H groups in total. The molecule has 2 atom stereocenters. The van der Waals surface area contributed by atoms with Gasteiger partial charge in [-0.3, -0.25) is 4.68 Å². The Labute approximate surface area is 176 Å². The van der Waals surface area contributed by atoms with E-state index >= 15 is 0 Å². The summed E-state index contributed by atoms with van der Waals surface area (Å²) in [4.78, 5) is 0. The molecule has 0 radical (unpaired) electrons. The first-order chi connectivity index (χ1) is 14.5. The number of nitrogens with zero attached hydrogens (tertiary/aromatic N) is 4. The smallest absolute Gasteiger partial charge is 0.174 e. The predicted molar refractivity (Wildman–Crippen MR) is 108 cm³/mol. The van der Waals surface area contributed by atoms with Crippen LogP contribution in [0.15, 0.2) is 18.2 Å². The van der Waals surface area contributed by atoms with Crippen LogP contribution in [0.2, 0.25) is 0 Å². The van der Waals surface area contributed by atoms with E-state index in [2.05, 4.69) is 5.10 Å². The van der Waals surface area contributed by atoms with Crippen LogP contribution in [0.5, 0.6) is 11.5 Å². The third-order valence-electron chi connectivity index (χ3n) is 4.89. The Morgan fingerprint density at radius 3 is 2.57 bits per heavy atom. The molecule has 0 bridgehead atoms. The van der Waals surface area contributed by atoms with E-state index in [4.69, 9.17) is 14.2 Å². The van der Waals surface area contributed by atoms with E-state index < -0.39 is 6.10 Å². The molecule has 1 aliphatic heterocycles. The van der Waals surface area contributed by atoms with Crippen LogP contribution in [-0.4, -0.2) is 34.4 Å². The minimum Gasteiger partial charge on any atom is -0.453 e. The maximum atomic E-state index is 10.2. The van der Waals surface area contributed by atoms with Gasteiger partial charge in [0.2, 0.25) is 0 Å². The molecule has 2 heterocycles. The summed E-state index contributed by atoms with van der Waals surface area (Å²) in [5, 5.41) is 33.2. The van der Waals surface area contributed by atoms with Crippen LogP contribution >= 0.6 is 0 Å². The minimum absolute atomic E-state index is 0.176. The average Bonchev–Trinajstić information content (AvgIpc) is 3.11. The van der Waals surface area contributed by atoms with E-state index in [9.17, 15) is 15.6 Å². The van der Waals surface area contributed by atoms with Crippen molar-refractivity contribution in [1.29, 1.82) is 10.5 Å². The van der Waals surface area contributed by atoms with Gasteiger partial charge < -0.3 is 19.3 Å². The highest BCUT2D eigenvalue weighted by atomic mass is 16.7. The summed E-state index contributed by atoms with van der Waals surface area (Å²) in [7, 11) is 0. The summed E-state index contributed by atoms with van der Waals surface area (Å²) in [5.41, 5.74) is 1.87. The highest BCUT2D eigenvalue weighted by Crippen LogP contribution is 2.34. The lowest BCUT2D eigenvalue weighted by Gasteiger charge is -2.22. The van der Waals surface area contributed by atoms with Crippen LogP contribution < -0.4 is 4.74 Å². The molecule has 2 aromatic rings. The fourth-order valence-corrected chi connectivity index (χ4v) is 3.43. The number of hydrogen-bond donors (Lipinski definition) is 1. The lowest BCUT2D eigenvalue weighted by molar-refractivity contribution is -0.163. The molecule has 2 unspecified atom stereocenters. The molecule has 3 rings (SSSR count). The molecule has 1 aromatic carbocycles. The van der Waals surface area contributed by atoms with E-state index in [-0.39, 0.29) is 6.29 Å². The highest BCUT2D eigenvalue weighted by molar-refractivity contribution is 5.48. The first-order valence-corrected chi connectivity index (χ1v) is 10.2. The normalized spacial score (nSPS) is 17.2. The zero-order chi connectivity index (χ0) is 21.5. The van der Waals surface area contributed by atoms with Crippen LogP contribution in [0, 0.1) is 22.7 Å². The van der Waals surface area contributed by atoms with Crippen LogP contribution in [0.4, 0.5) is 0 Å². The second kappa shape index (κ2) is 10.2. The first-order valence-electron chi connectivity index (χ1n) is 10.2. The Hall–Kier alpha value is -2.91. The average molecular weight is 410 g/mol. The Morgan fingerprint density at radius 2 is 2.00 bits per heavy atom. The van der Waals surface area contributed by atoms with Crippen molar-refractivity contribution in [1.82, 2.24) is 9.78 Å². The lowest BCUT2D eigenvalue weighted by Crippen LogP contribution is -2.24. The zero-order valence-corrected chi connectivity index (χ0v) is 17.3. The molecule has 8 heteroatoms. The summed E-state index contributed by atoms with van der Waals surface area (Å²) in [6, 6.07) is 8.68. The Bertz CT molecular complexity index is 917. The van der Waals surface area contributed by atoms with Crippen molar-refractivity contribution in [3.63, 3.8) is 0 Å². The molecular weight excluding hydrogens is 384 g/mol. The van der Waals surface area contributed by atoms with Gasteiger partial charge in [0.15, 0.2) is 12.0 Å². The highest BCUT2D eigenvalue weighted by Gasteiger charge is 2.23. The molecule has 8 nitrogen and oxygen atoms in total. The van der Waals surface area contributed by atoms with Gasteiger partial charge in [-0.15, -0.1) is 0 Å². The number of hydrogen-bond acceptors (Lipinski definition) is 7. The van der Waals surface area contributed by atoms with Gasteiger partial charge in [0.25, 0.3) is 0 Å². The Morgan fingerprint density at radius 1 is 1.27 bits per heavy atom. The van der Waals surface area contributed by atoms with Crippen molar-refractivity contribution in [2.24, 2.45) is 0 Å². The Kier molecular flexibility index (Phi) is 7.42. The second-order valence-electron chi connectivity index (χ2n) is 7.15. The topological polar surface area (TPSA) is 113 Å². The second-order valence-corrected chi connectivity index (χ2v) is 7.15. The number of benzene rings is 1. The van der Waals surface area contributed by atoms with E-state index in [1.54, 1.807) is 23.7 Å². The number of aromatic nitrogens is 2. The Balaban J connectivity index is 1.83. The van der Waals surface area contributed by atoms with Crippen LogP contribution in [-0.2, 0) is 22.4 Å². The van der Waals surface area contributed by atoms with Gasteiger partial charge in [-0.1, -0.05) is 6.92 Å². The molecule has 0 saturated carbocycles. The van der Waals surface area contributed by atoms with Gasteiger partial charge >= 0.3 is 0 Å². The summed E-state index contributed by atoms with van der Waals surface area (Å²) >= 11 is 0. The van der Waals surface area contributed by atoms with Gasteiger partial charge in [0.05, 0.1) is 48.2 Å². The maximum Gasteiger partial charge on any atom is 0.174 e. The quantitative estimate of drug-likeness (QED) is 0.707. The number of ether oxygens (including phenoxy) is 3. The third-order valence-corrected chi connectivity index (χ3v) is 4.89. The van der Waals surface area contributed by atoms with Crippen molar-refractivity contribution in [2.75, 3.05) is 13.2 Å². The molecule has 1 aromatic heterocycles. The minimum atomic E-state index is -0.844. The molecule has 0 amide bonds. The molecule has 158 valence electrons. The maximum absolute atomic E-state index is 10.2. The first kappa shape index (κ1) is 21.8. The predicted octanol–water partition coefficient (Wildman–Crippen LogP) is 3.58. The van der Waals surface area contributed by atoms with Crippen LogP contribution in [0.3, 0.4) is 0 Å². The van der Waals surface area contributed by atoms with Gasteiger partial charge in [0.1, 0.15) is 11.4 Å².